The summed E-state index contributed by atoms with van der Waals surface area (Å²) in [5, 5.41) is 5.96. The van der Waals surface area contributed by atoms with Gasteiger partial charge in [0.15, 0.2) is 0 Å². The second-order valence-electron chi connectivity index (χ2n) is 9.51. The average molecular weight is 542 g/mol. The fourth-order valence-electron chi connectivity index (χ4n) is 5.47. The summed E-state index contributed by atoms with van der Waals surface area (Å²) in [5.74, 6) is 0.563. The Morgan fingerprint density at radius 1 is 1.08 bits per heavy atom. The van der Waals surface area contributed by atoms with Gasteiger partial charge in [-0.3, -0.25) is 9.59 Å². The van der Waals surface area contributed by atoms with Crippen molar-refractivity contribution in [3.05, 3.63) is 39.5 Å². The lowest BCUT2D eigenvalue weighted by Crippen LogP contribution is -2.49. The molecule has 3 aliphatic rings. The van der Waals surface area contributed by atoms with Crippen LogP contribution in [0.15, 0.2) is 23.4 Å². The number of hydrogen-bond acceptors (Lipinski definition) is 8. The first kappa shape index (κ1) is 25.7. The Labute approximate surface area is 215 Å². The van der Waals surface area contributed by atoms with Crippen molar-refractivity contribution in [3.63, 3.8) is 0 Å². The normalized spacial score (nSPS) is 24.6. The number of aromatic nitrogens is 4. The summed E-state index contributed by atoms with van der Waals surface area (Å²) in [6.45, 7) is 2.65. The van der Waals surface area contributed by atoms with Gasteiger partial charge in [0.05, 0.1) is 54.0 Å². The van der Waals surface area contributed by atoms with Gasteiger partial charge < -0.3 is 19.4 Å². The number of amides is 1. The highest BCUT2D eigenvalue weighted by Crippen LogP contribution is 2.39. The van der Waals surface area contributed by atoms with Crippen LogP contribution in [0.3, 0.4) is 0 Å². The molecule has 3 saturated heterocycles. The largest absolute Gasteiger partial charge is 0.423 e. The minimum Gasteiger partial charge on any atom is -0.372 e. The second-order valence-corrected chi connectivity index (χ2v) is 9.94. The average Bonchev–Trinajstić information content (AvgIpc) is 3.53. The van der Waals surface area contributed by atoms with Crippen LogP contribution >= 0.6 is 11.6 Å². The van der Waals surface area contributed by atoms with Crippen molar-refractivity contribution in [1.29, 1.82) is 0 Å². The zero-order chi connectivity index (χ0) is 26.2. The summed E-state index contributed by atoms with van der Waals surface area (Å²) < 4.78 is 47.1. The molecule has 0 saturated carbocycles. The molecular formula is C23H27ClF3N7O3. The molecule has 37 heavy (non-hydrogen) atoms. The van der Waals surface area contributed by atoms with Crippen molar-refractivity contribution >= 4 is 29.1 Å². The van der Waals surface area contributed by atoms with E-state index in [9.17, 15) is 22.8 Å². The molecule has 1 N–H and O–H groups in total. The molecule has 3 fully saturated rings. The maximum Gasteiger partial charge on any atom is 0.423 e. The van der Waals surface area contributed by atoms with E-state index < -0.39 is 17.3 Å². The molecule has 0 radical (unpaired) electrons. The van der Waals surface area contributed by atoms with Gasteiger partial charge in [-0.05, 0) is 25.7 Å². The van der Waals surface area contributed by atoms with Crippen LogP contribution in [0.4, 0.5) is 24.8 Å². The fourth-order valence-corrected chi connectivity index (χ4v) is 5.57. The van der Waals surface area contributed by atoms with Gasteiger partial charge >= 0.3 is 6.18 Å². The van der Waals surface area contributed by atoms with Gasteiger partial charge in [-0.2, -0.15) is 18.3 Å². The maximum absolute atomic E-state index is 13.6. The van der Waals surface area contributed by atoms with Gasteiger partial charge in [0.1, 0.15) is 5.56 Å². The predicted molar refractivity (Wildman–Crippen MR) is 129 cm³/mol. The molecule has 5 rings (SSSR count). The molecule has 10 nitrogen and oxygen atoms in total. The summed E-state index contributed by atoms with van der Waals surface area (Å²) in [4.78, 5) is 38.7. The lowest BCUT2D eigenvalue weighted by molar-refractivity contribution is -0.138. The van der Waals surface area contributed by atoms with Crippen molar-refractivity contribution in [2.45, 2.75) is 56.5 Å². The van der Waals surface area contributed by atoms with E-state index in [4.69, 9.17) is 16.3 Å². The molecule has 1 amide bonds. The quantitative estimate of drug-likeness (QED) is 0.615. The molecule has 0 unspecified atom stereocenters. The number of carbonyl (C=O) groups excluding carboxylic acids is 1. The summed E-state index contributed by atoms with van der Waals surface area (Å²) >= 11 is 5.85. The van der Waals surface area contributed by atoms with Crippen molar-refractivity contribution < 1.29 is 22.7 Å². The van der Waals surface area contributed by atoms with E-state index in [0.717, 1.165) is 6.20 Å². The smallest absolute Gasteiger partial charge is 0.372 e. The van der Waals surface area contributed by atoms with Crippen molar-refractivity contribution in [2.24, 2.45) is 0 Å². The first-order valence-corrected chi connectivity index (χ1v) is 12.7. The van der Waals surface area contributed by atoms with E-state index in [2.05, 4.69) is 15.1 Å². The minimum atomic E-state index is -4.80. The molecular weight excluding hydrogens is 515 g/mol. The van der Waals surface area contributed by atoms with Crippen molar-refractivity contribution in [3.8, 4) is 0 Å². The van der Waals surface area contributed by atoms with Gasteiger partial charge in [-0.15, -0.1) is 0 Å². The van der Waals surface area contributed by atoms with Gasteiger partial charge in [0.2, 0.25) is 11.9 Å². The minimum absolute atomic E-state index is 0.0104. The van der Waals surface area contributed by atoms with Crippen LogP contribution in [-0.4, -0.2) is 81.9 Å². The van der Waals surface area contributed by atoms with Gasteiger partial charge in [0, 0.05) is 32.7 Å². The highest BCUT2D eigenvalue weighted by molar-refractivity contribution is 6.30. The number of carbonyl (C=O) groups is 1. The lowest BCUT2D eigenvalue weighted by Gasteiger charge is -2.35. The van der Waals surface area contributed by atoms with Crippen LogP contribution in [-0.2, 0) is 15.7 Å². The second kappa shape index (κ2) is 10.4. The third-order valence-corrected chi connectivity index (χ3v) is 7.42. The van der Waals surface area contributed by atoms with E-state index in [1.54, 1.807) is 9.80 Å². The highest BCUT2D eigenvalue weighted by atomic mass is 35.5. The van der Waals surface area contributed by atoms with Crippen LogP contribution in [0.5, 0.6) is 0 Å². The van der Waals surface area contributed by atoms with Crippen molar-refractivity contribution in [2.75, 3.05) is 42.5 Å². The molecule has 2 aromatic rings. The molecule has 0 spiro atoms. The topological polar surface area (TPSA) is 108 Å². The van der Waals surface area contributed by atoms with E-state index in [1.807, 2.05) is 10.00 Å². The third kappa shape index (κ3) is 5.52. The van der Waals surface area contributed by atoms with E-state index in [0.29, 0.717) is 69.4 Å². The van der Waals surface area contributed by atoms with Crippen LogP contribution in [0.2, 0.25) is 5.02 Å². The first-order valence-electron chi connectivity index (χ1n) is 12.3. The van der Waals surface area contributed by atoms with Gasteiger partial charge in [-0.1, -0.05) is 11.6 Å². The molecule has 3 atom stereocenters. The zero-order valence-electron chi connectivity index (χ0n) is 20.0. The summed E-state index contributed by atoms with van der Waals surface area (Å²) in [7, 11) is 0. The molecule has 0 bridgehead atoms. The fraction of sp³-hybridized carbons (Fsp3) is 0.609. The summed E-state index contributed by atoms with van der Waals surface area (Å²) in [5.41, 5.74) is -2.71. The Bertz CT molecular complexity index is 1170. The summed E-state index contributed by atoms with van der Waals surface area (Å²) in [6, 6.07) is -0.312. The number of H-pyrrole nitrogens is 1. The lowest BCUT2D eigenvalue weighted by atomic mass is 10.0. The van der Waals surface area contributed by atoms with Crippen LogP contribution in [0, 0.1) is 0 Å². The Morgan fingerprint density at radius 3 is 2.51 bits per heavy atom. The van der Waals surface area contributed by atoms with Crippen molar-refractivity contribution in [1.82, 2.24) is 25.1 Å². The van der Waals surface area contributed by atoms with Crippen LogP contribution in [0.25, 0.3) is 0 Å². The molecule has 200 valence electrons. The van der Waals surface area contributed by atoms with E-state index in [-0.39, 0.29) is 36.3 Å². The standard InChI is InChI=1S/C23H27ClF3N7O3/c24-14-11-28-22(29-12-14)33-8-6-32(7-9-33)19(35)10-15-3-4-18(37-15)16-2-1-5-34(16)17-13-30-31-21(36)20(17)23(25,26)27/h11-13,15-16,18H,1-10H2,(H,31,36)/t15-,16-,18-/m0/s1. The van der Waals surface area contributed by atoms with Crippen LogP contribution < -0.4 is 15.4 Å². The zero-order valence-corrected chi connectivity index (χ0v) is 20.7. The Morgan fingerprint density at radius 2 is 1.81 bits per heavy atom. The van der Waals surface area contributed by atoms with E-state index >= 15 is 0 Å². The Hall–Kier alpha value is -2.93. The predicted octanol–water partition coefficient (Wildman–Crippen LogP) is 2.49. The molecule has 2 aromatic heterocycles. The molecule has 0 aromatic carbocycles. The molecule has 3 aliphatic heterocycles. The van der Waals surface area contributed by atoms with Gasteiger partial charge in [0.25, 0.3) is 5.56 Å². The van der Waals surface area contributed by atoms with Gasteiger partial charge in [-0.25, -0.2) is 15.1 Å². The number of alkyl halides is 3. The monoisotopic (exact) mass is 541 g/mol. The number of aromatic amines is 1. The number of halogens is 4. The maximum atomic E-state index is 13.6. The number of hydrogen-bond donors (Lipinski definition) is 1. The van der Waals surface area contributed by atoms with Crippen LogP contribution in [0.1, 0.15) is 37.7 Å². The Balaban J connectivity index is 1.17. The first-order chi connectivity index (χ1) is 17.7. The third-order valence-electron chi connectivity index (χ3n) is 7.22. The summed E-state index contributed by atoms with van der Waals surface area (Å²) in [6.07, 6.45) is 1.56. The molecule has 0 aliphatic carbocycles. The van der Waals surface area contributed by atoms with E-state index in [1.165, 1.54) is 12.4 Å². The number of nitrogens with zero attached hydrogens (tertiary/aromatic N) is 6. The Kier molecular flexibility index (Phi) is 7.26. The number of ether oxygens (including phenoxy) is 1. The number of anilines is 2. The highest BCUT2D eigenvalue weighted by Gasteiger charge is 2.44. The molecule has 5 heterocycles. The molecule has 14 heteroatoms. The SMILES string of the molecule is O=C(C[C@@H]1CC[C@@H]([C@@H]2CCCN2c2cn[nH]c(=O)c2C(F)(F)F)O1)N1CCN(c2ncc(Cl)cn2)CC1. The number of nitrogens with one attached hydrogen (secondary N) is 1. The number of piperazine rings is 1. The number of rotatable bonds is 5.